The van der Waals surface area contributed by atoms with Crippen LogP contribution in [0.25, 0.3) is 0 Å². The van der Waals surface area contributed by atoms with E-state index in [1.54, 1.807) is 0 Å². The van der Waals surface area contributed by atoms with E-state index in [1.165, 1.54) is 41.5 Å². The van der Waals surface area contributed by atoms with Gasteiger partial charge in [-0.3, -0.25) is 4.79 Å². The van der Waals surface area contributed by atoms with Crippen LogP contribution in [-0.2, 0) is 16.4 Å². The Hall–Kier alpha value is -2.48. The molecule has 0 aromatic heterocycles. The molecule has 0 saturated heterocycles. The molecule has 1 aliphatic heterocycles. The SMILES string of the molecule is C=CCNS(=O)(=O)c1ccc(C(=O)NCC2NCCc3ccccc32)cc1. The first-order chi connectivity index (χ1) is 13.0. The van der Waals surface area contributed by atoms with E-state index in [4.69, 9.17) is 0 Å². The van der Waals surface area contributed by atoms with Gasteiger partial charge in [-0.15, -0.1) is 6.58 Å². The fourth-order valence-corrected chi connectivity index (χ4v) is 4.11. The molecule has 0 saturated carbocycles. The third-order valence-corrected chi connectivity index (χ3v) is 5.97. The lowest BCUT2D eigenvalue weighted by molar-refractivity contribution is 0.0949. The molecule has 1 aliphatic rings. The number of rotatable bonds is 7. The first-order valence-corrected chi connectivity index (χ1v) is 10.3. The average molecular weight is 385 g/mol. The molecule has 7 heteroatoms. The third-order valence-electron chi connectivity index (χ3n) is 4.53. The molecule has 1 heterocycles. The molecule has 2 aromatic rings. The Morgan fingerprint density at radius 1 is 1.19 bits per heavy atom. The van der Waals surface area contributed by atoms with Crippen molar-refractivity contribution < 1.29 is 13.2 Å². The van der Waals surface area contributed by atoms with Crippen molar-refractivity contribution in [3.05, 3.63) is 77.9 Å². The second-order valence-corrected chi connectivity index (χ2v) is 8.10. The molecule has 3 N–H and O–H groups in total. The van der Waals surface area contributed by atoms with E-state index >= 15 is 0 Å². The summed E-state index contributed by atoms with van der Waals surface area (Å²) in [7, 11) is -3.59. The zero-order valence-electron chi connectivity index (χ0n) is 14.9. The monoisotopic (exact) mass is 385 g/mol. The van der Waals surface area contributed by atoms with Crippen LogP contribution < -0.4 is 15.4 Å². The van der Waals surface area contributed by atoms with Gasteiger partial charge in [0, 0.05) is 24.7 Å². The molecule has 0 fully saturated rings. The van der Waals surface area contributed by atoms with E-state index in [0.717, 1.165) is 13.0 Å². The van der Waals surface area contributed by atoms with Gasteiger partial charge in [-0.1, -0.05) is 30.3 Å². The van der Waals surface area contributed by atoms with Crippen molar-refractivity contribution in [1.82, 2.24) is 15.4 Å². The van der Waals surface area contributed by atoms with Gasteiger partial charge < -0.3 is 10.6 Å². The van der Waals surface area contributed by atoms with Crippen molar-refractivity contribution in [3.63, 3.8) is 0 Å². The van der Waals surface area contributed by atoms with Gasteiger partial charge in [0.1, 0.15) is 0 Å². The molecular formula is C20H23N3O3S. The topological polar surface area (TPSA) is 87.3 Å². The molecule has 0 radical (unpaired) electrons. The van der Waals surface area contributed by atoms with Crippen LogP contribution in [0.4, 0.5) is 0 Å². The Morgan fingerprint density at radius 3 is 2.67 bits per heavy atom. The predicted molar refractivity (Wildman–Crippen MR) is 105 cm³/mol. The van der Waals surface area contributed by atoms with Crippen LogP contribution in [0.2, 0.25) is 0 Å². The Morgan fingerprint density at radius 2 is 1.93 bits per heavy atom. The molecule has 3 rings (SSSR count). The summed E-state index contributed by atoms with van der Waals surface area (Å²) < 4.78 is 26.5. The van der Waals surface area contributed by atoms with Gasteiger partial charge in [-0.2, -0.15) is 0 Å². The molecule has 0 bridgehead atoms. The zero-order chi connectivity index (χ0) is 19.3. The Kier molecular flexibility index (Phi) is 6.05. The lowest BCUT2D eigenvalue weighted by Gasteiger charge is -2.27. The minimum atomic E-state index is -3.59. The summed E-state index contributed by atoms with van der Waals surface area (Å²) in [4.78, 5) is 12.5. The highest BCUT2D eigenvalue weighted by Crippen LogP contribution is 2.22. The molecular weight excluding hydrogens is 362 g/mol. The standard InChI is InChI=1S/C20H23N3O3S/c1-2-12-23-27(25,26)17-9-7-16(8-10-17)20(24)22-14-19-18-6-4-3-5-15(18)11-13-21-19/h2-10,19,21,23H,1,11-14H2,(H,22,24). The van der Waals surface area contributed by atoms with Crippen LogP contribution in [0.5, 0.6) is 0 Å². The van der Waals surface area contributed by atoms with Gasteiger partial charge in [0.25, 0.3) is 5.91 Å². The summed E-state index contributed by atoms with van der Waals surface area (Å²) in [5.41, 5.74) is 2.93. The van der Waals surface area contributed by atoms with Gasteiger partial charge >= 0.3 is 0 Å². The molecule has 0 aliphatic carbocycles. The summed E-state index contributed by atoms with van der Waals surface area (Å²) in [6, 6.07) is 14.2. The second kappa shape index (κ2) is 8.47. The fourth-order valence-electron chi connectivity index (χ4n) is 3.11. The van der Waals surface area contributed by atoms with Crippen LogP contribution in [0.1, 0.15) is 27.5 Å². The summed E-state index contributed by atoms with van der Waals surface area (Å²) in [6.07, 6.45) is 2.45. The molecule has 6 nitrogen and oxygen atoms in total. The molecule has 2 aromatic carbocycles. The van der Waals surface area contributed by atoms with E-state index in [1.807, 2.05) is 12.1 Å². The highest BCUT2D eigenvalue weighted by atomic mass is 32.2. The fraction of sp³-hybridized carbons (Fsp3) is 0.250. The van der Waals surface area contributed by atoms with Crippen molar-refractivity contribution in [2.45, 2.75) is 17.4 Å². The Bertz CT molecular complexity index is 924. The zero-order valence-corrected chi connectivity index (χ0v) is 15.8. The number of carbonyl (C=O) groups is 1. The highest BCUT2D eigenvalue weighted by molar-refractivity contribution is 7.89. The molecule has 142 valence electrons. The number of hydrogen-bond acceptors (Lipinski definition) is 4. The molecule has 1 amide bonds. The quantitative estimate of drug-likeness (QED) is 0.634. The lowest BCUT2D eigenvalue weighted by Crippen LogP contribution is -2.38. The van der Waals surface area contributed by atoms with Gasteiger partial charge in [-0.25, -0.2) is 13.1 Å². The molecule has 0 spiro atoms. The number of carbonyl (C=O) groups excluding carboxylic acids is 1. The number of benzene rings is 2. The van der Waals surface area contributed by atoms with Crippen molar-refractivity contribution >= 4 is 15.9 Å². The van der Waals surface area contributed by atoms with Crippen LogP contribution >= 0.6 is 0 Å². The van der Waals surface area contributed by atoms with Crippen LogP contribution in [0, 0.1) is 0 Å². The summed E-state index contributed by atoms with van der Waals surface area (Å²) in [5.74, 6) is -0.233. The summed E-state index contributed by atoms with van der Waals surface area (Å²) in [5, 5.41) is 6.34. The summed E-state index contributed by atoms with van der Waals surface area (Å²) >= 11 is 0. The van der Waals surface area contributed by atoms with E-state index in [-0.39, 0.29) is 23.4 Å². The van der Waals surface area contributed by atoms with E-state index in [9.17, 15) is 13.2 Å². The first kappa shape index (κ1) is 19.3. The lowest BCUT2D eigenvalue weighted by atomic mass is 9.94. The molecule has 1 unspecified atom stereocenters. The average Bonchev–Trinajstić information content (AvgIpc) is 2.70. The minimum Gasteiger partial charge on any atom is -0.350 e. The number of fused-ring (bicyclic) bond motifs is 1. The second-order valence-electron chi connectivity index (χ2n) is 6.33. The maximum absolute atomic E-state index is 12.4. The van der Waals surface area contributed by atoms with Gasteiger partial charge in [-0.05, 0) is 48.4 Å². The van der Waals surface area contributed by atoms with E-state index in [0.29, 0.717) is 12.1 Å². The predicted octanol–water partition coefficient (Wildman–Crippen LogP) is 1.77. The van der Waals surface area contributed by atoms with Gasteiger partial charge in [0.2, 0.25) is 10.0 Å². The van der Waals surface area contributed by atoms with Crippen LogP contribution in [0.3, 0.4) is 0 Å². The number of hydrogen-bond donors (Lipinski definition) is 3. The maximum Gasteiger partial charge on any atom is 0.251 e. The molecule has 27 heavy (non-hydrogen) atoms. The van der Waals surface area contributed by atoms with Crippen molar-refractivity contribution in [1.29, 1.82) is 0 Å². The largest absolute Gasteiger partial charge is 0.350 e. The van der Waals surface area contributed by atoms with E-state index < -0.39 is 10.0 Å². The van der Waals surface area contributed by atoms with Gasteiger partial charge in [0.05, 0.1) is 4.90 Å². The Balaban J connectivity index is 1.63. The van der Waals surface area contributed by atoms with Crippen LogP contribution in [-0.4, -0.2) is 34.0 Å². The minimum absolute atomic E-state index is 0.0710. The smallest absolute Gasteiger partial charge is 0.251 e. The van der Waals surface area contributed by atoms with Crippen molar-refractivity contribution in [2.24, 2.45) is 0 Å². The van der Waals surface area contributed by atoms with Crippen LogP contribution in [0.15, 0.2) is 66.1 Å². The highest BCUT2D eigenvalue weighted by Gasteiger charge is 2.20. The number of nitrogens with one attached hydrogen (secondary N) is 3. The number of sulfonamides is 1. The van der Waals surface area contributed by atoms with Crippen molar-refractivity contribution in [3.8, 4) is 0 Å². The van der Waals surface area contributed by atoms with E-state index in [2.05, 4.69) is 34.1 Å². The van der Waals surface area contributed by atoms with Crippen molar-refractivity contribution in [2.75, 3.05) is 19.6 Å². The number of amides is 1. The van der Waals surface area contributed by atoms with Gasteiger partial charge in [0.15, 0.2) is 0 Å². The normalized spacial score (nSPS) is 16.4. The Labute approximate surface area is 159 Å². The molecule has 1 atom stereocenters. The maximum atomic E-state index is 12.4. The summed E-state index contributed by atoms with van der Waals surface area (Å²) in [6.45, 7) is 4.98. The third kappa shape index (κ3) is 4.63. The first-order valence-electron chi connectivity index (χ1n) is 8.81.